The number of benzene rings is 2. The summed E-state index contributed by atoms with van der Waals surface area (Å²) in [7, 11) is 1.60. The van der Waals surface area contributed by atoms with Gasteiger partial charge in [-0.1, -0.05) is 24.3 Å². The largest absolute Gasteiger partial charge is 0.383 e. The van der Waals surface area contributed by atoms with Gasteiger partial charge in [-0.3, -0.25) is 9.59 Å². The lowest BCUT2D eigenvalue weighted by atomic mass is 9.90. The van der Waals surface area contributed by atoms with Crippen LogP contribution in [0.25, 0.3) is 0 Å². The molecule has 2 N–H and O–H groups in total. The molecule has 0 unspecified atom stereocenters. The molecule has 3 rings (SSSR count). The Balaban J connectivity index is 1.67. The van der Waals surface area contributed by atoms with Gasteiger partial charge in [0.2, 0.25) is 5.91 Å². The van der Waals surface area contributed by atoms with Gasteiger partial charge in [0, 0.05) is 24.2 Å². The minimum atomic E-state index is -0.137. The van der Waals surface area contributed by atoms with E-state index >= 15 is 0 Å². The molecule has 0 fully saturated rings. The number of amides is 2. The van der Waals surface area contributed by atoms with Crippen molar-refractivity contribution in [3.8, 4) is 0 Å². The molecular weight excluding hydrogens is 372 g/mol. The first-order valence-corrected chi connectivity index (χ1v) is 10.6. The van der Waals surface area contributed by atoms with E-state index in [1.807, 2.05) is 30.3 Å². The maximum Gasteiger partial charge on any atom is 0.256 e. The van der Waals surface area contributed by atoms with Crippen LogP contribution in [0, 0.1) is 0 Å². The molecule has 0 aliphatic heterocycles. The fraction of sp³-hybridized carbons (Fsp3) is 0.364. The number of fused-ring (bicyclic) bond motifs is 1. The highest BCUT2D eigenvalue weighted by Gasteiger charge is 2.17. The second kappa shape index (κ2) is 10.3. The summed E-state index contributed by atoms with van der Waals surface area (Å²) in [5.74, 6) is 0.0469. The zero-order valence-corrected chi connectivity index (χ0v) is 16.9. The lowest BCUT2D eigenvalue weighted by molar-refractivity contribution is -0.118. The fourth-order valence-electron chi connectivity index (χ4n) is 3.36. The first-order valence-electron chi connectivity index (χ1n) is 9.58. The number of thioether (sulfide) groups is 1. The average Bonchev–Trinajstić information content (AvgIpc) is 2.73. The molecule has 1 aliphatic rings. The molecule has 0 aromatic heterocycles. The van der Waals surface area contributed by atoms with E-state index in [1.54, 1.807) is 13.2 Å². The molecule has 2 aromatic carbocycles. The summed E-state index contributed by atoms with van der Waals surface area (Å²) in [6.07, 6.45) is 4.44. The molecule has 0 heterocycles. The number of aryl methyl sites for hydroxylation is 1. The summed E-state index contributed by atoms with van der Waals surface area (Å²) in [5.41, 5.74) is 4.08. The predicted molar refractivity (Wildman–Crippen MR) is 113 cm³/mol. The highest BCUT2D eigenvalue weighted by Crippen LogP contribution is 2.29. The molecular formula is C22H26N2O3S. The van der Waals surface area contributed by atoms with Crippen LogP contribution >= 0.6 is 11.8 Å². The summed E-state index contributed by atoms with van der Waals surface area (Å²) in [5, 5.41) is 5.88. The number of hydrogen-bond donors (Lipinski definition) is 2. The summed E-state index contributed by atoms with van der Waals surface area (Å²) in [6, 6.07) is 13.5. The van der Waals surface area contributed by atoms with E-state index in [0.717, 1.165) is 29.8 Å². The third-order valence-corrected chi connectivity index (χ3v) is 5.84. The zero-order valence-electron chi connectivity index (χ0n) is 16.1. The Hall–Kier alpha value is -2.31. The van der Waals surface area contributed by atoms with E-state index < -0.39 is 0 Å². The highest BCUT2D eigenvalue weighted by atomic mass is 32.2. The van der Waals surface area contributed by atoms with Crippen LogP contribution in [0.5, 0.6) is 0 Å². The number of methoxy groups -OCH3 is 1. The van der Waals surface area contributed by atoms with E-state index in [9.17, 15) is 9.59 Å². The van der Waals surface area contributed by atoms with Crippen molar-refractivity contribution < 1.29 is 14.3 Å². The zero-order chi connectivity index (χ0) is 19.8. The fourth-order valence-corrected chi connectivity index (χ4v) is 4.23. The van der Waals surface area contributed by atoms with Gasteiger partial charge in [0.05, 0.1) is 17.9 Å². The SMILES string of the molecule is COCCNC(=O)CSc1ccccc1C(=O)Nc1cccc2c1CCCC2. The van der Waals surface area contributed by atoms with Gasteiger partial charge in [-0.2, -0.15) is 0 Å². The van der Waals surface area contributed by atoms with Gasteiger partial charge in [0.1, 0.15) is 0 Å². The monoisotopic (exact) mass is 398 g/mol. The molecule has 6 heteroatoms. The van der Waals surface area contributed by atoms with Crippen molar-refractivity contribution in [2.24, 2.45) is 0 Å². The van der Waals surface area contributed by atoms with Crippen molar-refractivity contribution in [2.45, 2.75) is 30.6 Å². The van der Waals surface area contributed by atoms with Gasteiger partial charge in [0.15, 0.2) is 0 Å². The molecule has 28 heavy (non-hydrogen) atoms. The quantitative estimate of drug-likeness (QED) is 0.526. The Bertz CT molecular complexity index is 838. The van der Waals surface area contributed by atoms with Crippen LogP contribution in [0.3, 0.4) is 0 Å². The smallest absolute Gasteiger partial charge is 0.256 e. The van der Waals surface area contributed by atoms with Crippen molar-refractivity contribution in [3.05, 3.63) is 59.2 Å². The number of hydrogen-bond acceptors (Lipinski definition) is 4. The third-order valence-electron chi connectivity index (χ3n) is 4.76. The predicted octanol–water partition coefficient (Wildman–Crippen LogP) is 3.67. The van der Waals surface area contributed by atoms with Crippen molar-refractivity contribution >= 4 is 29.3 Å². The number of nitrogens with one attached hydrogen (secondary N) is 2. The number of ether oxygens (including phenoxy) is 1. The van der Waals surface area contributed by atoms with Crippen molar-refractivity contribution in [1.29, 1.82) is 0 Å². The van der Waals surface area contributed by atoms with Crippen LogP contribution in [0.15, 0.2) is 47.4 Å². The molecule has 1 aliphatic carbocycles. The molecule has 0 spiro atoms. The lowest BCUT2D eigenvalue weighted by Gasteiger charge is -2.20. The topological polar surface area (TPSA) is 67.4 Å². The van der Waals surface area contributed by atoms with E-state index in [0.29, 0.717) is 18.7 Å². The average molecular weight is 399 g/mol. The number of anilines is 1. The van der Waals surface area contributed by atoms with Crippen LogP contribution in [0.1, 0.15) is 34.3 Å². The molecule has 0 bridgehead atoms. The van der Waals surface area contributed by atoms with E-state index in [2.05, 4.69) is 16.7 Å². The van der Waals surface area contributed by atoms with Gasteiger partial charge in [0.25, 0.3) is 5.91 Å². The maximum atomic E-state index is 12.9. The van der Waals surface area contributed by atoms with Gasteiger partial charge in [-0.15, -0.1) is 11.8 Å². The summed E-state index contributed by atoms with van der Waals surface area (Å²) in [4.78, 5) is 25.7. The first kappa shape index (κ1) is 20.4. The molecule has 0 radical (unpaired) electrons. The number of rotatable bonds is 8. The second-order valence-electron chi connectivity index (χ2n) is 6.73. The van der Waals surface area contributed by atoms with Gasteiger partial charge < -0.3 is 15.4 Å². The minimum Gasteiger partial charge on any atom is -0.383 e. The van der Waals surface area contributed by atoms with Crippen molar-refractivity contribution in [2.75, 3.05) is 31.3 Å². The van der Waals surface area contributed by atoms with Crippen molar-refractivity contribution in [3.63, 3.8) is 0 Å². The molecule has 2 aromatic rings. The van der Waals surface area contributed by atoms with Crippen LogP contribution in [-0.4, -0.2) is 37.8 Å². The van der Waals surface area contributed by atoms with E-state index in [-0.39, 0.29) is 17.6 Å². The Morgan fingerprint density at radius 3 is 2.75 bits per heavy atom. The van der Waals surface area contributed by atoms with E-state index in [4.69, 9.17) is 4.74 Å². The molecule has 2 amide bonds. The normalized spacial score (nSPS) is 12.9. The third kappa shape index (κ3) is 5.36. The first-order chi connectivity index (χ1) is 13.7. The Morgan fingerprint density at radius 1 is 1.07 bits per heavy atom. The Morgan fingerprint density at radius 2 is 1.89 bits per heavy atom. The van der Waals surface area contributed by atoms with Crippen LogP contribution in [0.4, 0.5) is 5.69 Å². The van der Waals surface area contributed by atoms with Crippen LogP contribution < -0.4 is 10.6 Å². The Kier molecular flexibility index (Phi) is 7.51. The second-order valence-corrected chi connectivity index (χ2v) is 7.75. The maximum absolute atomic E-state index is 12.9. The van der Waals surface area contributed by atoms with Gasteiger partial charge in [-0.25, -0.2) is 0 Å². The number of carbonyl (C=O) groups is 2. The molecule has 148 valence electrons. The lowest BCUT2D eigenvalue weighted by Crippen LogP contribution is -2.28. The standard InChI is InChI=1S/C22H26N2O3S/c1-27-14-13-23-21(25)15-28-20-12-5-4-10-18(20)22(26)24-19-11-6-8-16-7-2-3-9-17(16)19/h4-6,8,10-12H,2-3,7,9,13-15H2,1H3,(H,23,25)(H,24,26). The van der Waals surface area contributed by atoms with Crippen molar-refractivity contribution in [1.82, 2.24) is 5.32 Å². The van der Waals surface area contributed by atoms with Crippen LogP contribution in [0.2, 0.25) is 0 Å². The minimum absolute atomic E-state index is 0.0746. The number of carbonyl (C=O) groups excluding carboxylic acids is 2. The van der Waals surface area contributed by atoms with Crippen LogP contribution in [-0.2, 0) is 22.4 Å². The summed E-state index contributed by atoms with van der Waals surface area (Å²) < 4.78 is 4.93. The summed E-state index contributed by atoms with van der Waals surface area (Å²) in [6.45, 7) is 0.966. The van der Waals surface area contributed by atoms with Gasteiger partial charge in [-0.05, 0) is 55.0 Å². The van der Waals surface area contributed by atoms with Gasteiger partial charge >= 0.3 is 0 Å². The molecule has 5 nitrogen and oxygen atoms in total. The molecule has 0 atom stereocenters. The highest BCUT2D eigenvalue weighted by molar-refractivity contribution is 8.00. The molecule has 0 saturated heterocycles. The Labute approximate surface area is 170 Å². The summed E-state index contributed by atoms with van der Waals surface area (Å²) >= 11 is 1.37. The van der Waals surface area contributed by atoms with E-state index in [1.165, 1.54) is 29.3 Å². The molecule has 0 saturated carbocycles.